The summed E-state index contributed by atoms with van der Waals surface area (Å²) in [4.78, 5) is 65.2. The van der Waals surface area contributed by atoms with Crippen molar-refractivity contribution < 1.29 is 46.2 Å². The fourth-order valence-electron chi connectivity index (χ4n) is 18.0. The molecule has 596 valence electrons. The van der Waals surface area contributed by atoms with Crippen molar-refractivity contribution in [3.63, 3.8) is 0 Å². The molecule has 0 unspecified atom stereocenters. The smallest absolute Gasteiger partial charge is 0.317 e. The van der Waals surface area contributed by atoms with Crippen molar-refractivity contribution >= 4 is 86.5 Å². The predicted molar refractivity (Wildman–Crippen MR) is 428 cm³/mol. The average Bonchev–Trinajstić information content (AvgIpc) is 1.47. The number of ether oxygens (including phenoxy) is 3. The lowest BCUT2D eigenvalue weighted by molar-refractivity contribution is -0.129. The Morgan fingerprint density at radius 1 is 0.496 bits per heavy atom. The molecule has 9 aliphatic rings. The number of alkyl halides is 4. The molecule has 113 heavy (non-hydrogen) atoms. The van der Waals surface area contributed by atoms with Gasteiger partial charge >= 0.3 is 12.1 Å². The standard InChI is InChI=1S/C28H34F2N6O2S.C27H32F2N6O2S.C27H30N6O2S/c1-16-25(39-17(2)32-16)20-13-18-5-4-9-35(24(18)14-21(20)26(29)30)27-22-15-34(28(37)31-3)10-6-23(22)36(33-27)19-7-11-38-12-8-19;1-16-31-14-24(38-16)19-12-17-4-3-8-34(23(17)13-20(19)25(28)29)26-21-15-33(27(36)30-2)9-5-22(21)35(32-26)18-6-10-37-11-7-18;1-17-29-15-26(36-17)22-12-19-4-3-8-32(25(19)13-20(22)14-28)27-23-16-31(18(2)34)9-5-24(23)33(30-27)21-6-10-35-11-7-21/h13-14,19,26H,4-12,15H2,1-3H3,(H,31,37);12-14,18,25H,3-11,15H2,1-2H3,(H,30,36);12-13,15,21H,3-11,16H2,1-2H3. The number of nitrogens with zero attached hydrogens (tertiary/aromatic N) is 16. The Morgan fingerprint density at radius 3 is 1.25 bits per heavy atom. The van der Waals surface area contributed by atoms with E-state index in [2.05, 4.69) is 66.5 Å². The van der Waals surface area contributed by atoms with Gasteiger partial charge in [0.25, 0.3) is 12.9 Å². The van der Waals surface area contributed by atoms with Gasteiger partial charge in [0.05, 0.1) is 84.7 Å². The number of fused-ring (bicyclic) bond motifs is 6. The first kappa shape index (κ1) is 77.6. The number of hydrogen-bond acceptors (Lipinski definition) is 19. The monoisotopic (exact) mass is 1600 g/mol. The number of urea groups is 2. The number of nitrogens with one attached hydrogen (secondary N) is 2. The fourth-order valence-corrected chi connectivity index (χ4v) is 20.6. The molecule has 18 rings (SSSR count). The van der Waals surface area contributed by atoms with Gasteiger partial charge in [0.2, 0.25) is 5.91 Å². The molecule has 24 nitrogen and oxygen atoms in total. The van der Waals surface area contributed by atoms with Crippen molar-refractivity contribution in [3.8, 4) is 37.4 Å². The molecule has 0 bridgehead atoms. The molecule has 15 heterocycles. The molecule has 0 atom stereocenters. The summed E-state index contributed by atoms with van der Waals surface area (Å²) < 4.78 is 81.2. The maximum absolute atomic E-state index is 14.5. The second-order valence-corrected chi connectivity index (χ2v) is 34.2. The van der Waals surface area contributed by atoms with E-state index in [4.69, 9.17) is 29.5 Å². The van der Waals surface area contributed by atoms with Gasteiger partial charge in [-0.1, -0.05) is 0 Å². The quantitative estimate of drug-likeness (QED) is 0.114. The molecular formula is C82H96F4N18O6S3. The van der Waals surface area contributed by atoms with Crippen LogP contribution in [-0.2, 0) is 77.2 Å². The number of anilines is 6. The second kappa shape index (κ2) is 33.3. The van der Waals surface area contributed by atoms with Crippen LogP contribution in [0.15, 0.2) is 48.8 Å². The molecule has 3 saturated heterocycles. The summed E-state index contributed by atoms with van der Waals surface area (Å²) in [5.74, 6) is 2.60. The van der Waals surface area contributed by atoms with Gasteiger partial charge in [-0.3, -0.25) is 18.8 Å². The average molecular weight is 1600 g/mol. The lowest BCUT2D eigenvalue weighted by Crippen LogP contribution is -2.42. The number of amides is 5. The van der Waals surface area contributed by atoms with Crippen LogP contribution >= 0.6 is 34.0 Å². The van der Waals surface area contributed by atoms with Gasteiger partial charge in [-0.15, -0.1) is 34.0 Å². The number of aryl methyl sites for hydroxylation is 7. The number of benzene rings is 3. The molecule has 0 radical (unpaired) electrons. The molecule has 31 heteroatoms. The second-order valence-electron chi connectivity index (χ2n) is 30.5. The Kier molecular flexibility index (Phi) is 22.8. The SMILES string of the molecule is CC(=O)N1CCc2c(c(N3CCCc4cc(-c5cnc(C)s5)c(C#N)cc43)nn2C2CCOCC2)C1.CNC(=O)N1CCc2c(c(N3CCCc4cc(-c5cnc(C)s5)c(C(F)F)cc43)nn2C2CCOCC2)C1.CNC(=O)N1CCc2c(c(N3CCCc4cc(-c5sc(C)nc5C)c(C(F)F)cc43)nn2C2CCOCC2)C1. The molecule has 9 aromatic rings. The van der Waals surface area contributed by atoms with Gasteiger partial charge < -0.3 is 54.2 Å². The van der Waals surface area contributed by atoms with Crippen molar-refractivity contribution in [1.29, 1.82) is 5.26 Å². The van der Waals surface area contributed by atoms with Gasteiger partial charge in [-0.2, -0.15) is 20.6 Å². The summed E-state index contributed by atoms with van der Waals surface area (Å²) in [6.07, 6.45) is 11.4. The van der Waals surface area contributed by atoms with E-state index < -0.39 is 12.9 Å². The topological polar surface area (TPSA) is 238 Å². The van der Waals surface area contributed by atoms with E-state index in [1.54, 1.807) is 60.5 Å². The largest absolute Gasteiger partial charge is 0.381 e. The van der Waals surface area contributed by atoms with Crippen molar-refractivity contribution in [1.82, 2.24) is 69.6 Å². The predicted octanol–water partition coefficient (Wildman–Crippen LogP) is 15.6. The van der Waals surface area contributed by atoms with E-state index in [0.29, 0.717) is 108 Å². The summed E-state index contributed by atoms with van der Waals surface area (Å²) in [6, 6.07) is 14.4. The Morgan fingerprint density at radius 2 is 0.876 bits per heavy atom. The summed E-state index contributed by atoms with van der Waals surface area (Å²) >= 11 is 4.52. The highest BCUT2D eigenvalue weighted by Crippen LogP contribution is 2.49. The molecular weight excluding hydrogens is 1510 g/mol. The highest BCUT2D eigenvalue weighted by Gasteiger charge is 2.40. The van der Waals surface area contributed by atoms with Gasteiger partial charge in [0.15, 0.2) is 17.5 Å². The van der Waals surface area contributed by atoms with E-state index in [1.807, 2.05) is 57.0 Å². The molecule has 3 aromatic carbocycles. The lowest BCUT2D eigenvalue weighted by Gasteiger charge is -2.33. The third-order valence-electron chi connectivity index (χ3n) is 23.6. The first-order valence-corrected chi connectivity index (χ1v) is 42.1. The zero-order valence-electron chi connectivity index (χ0n) is 65.1. The van der Waals surface area contributed by atoms with Crippen LogP contribution in [0.1, 0.15) is 184 Å². The first-order valence-electron chi connectivity index (χ1n) is 39.7. The zero-order chi connectivity index (χ0) is 78.5. The molecule has 5 amide bonds. The number of hydrogen-bond donors (Lipinski definition) is 2. The Balaban J connectivity index is 0.000000128. The molecule has 9 aliphatic heterocycles. The van der Waals surface area contributed by atoms with Gasteiger partial charge in [0, 0.05) is 210 Å². The number of nitriles is 1. The number of carbonyl (C=O) groups is 3. The van der Waals surface area contributed by atoms with Crippen molar-refractivity contribution in [3.05, 3.63) is 137 Å². The number of rotatable bonds is 11. The van der Waals surface area contributed by atoms with Crippen LogP contribution in [0.5, 0.6) is 0 Å². The van der Waals surface area contributed by atoms with E-state index >= 15 is 0 Å². The molecule has 6 aromatic heterocycles. The van der Waals surface area contributed by atoms with E-state index in [-0.39, 0.29) is 41.2 Å². The maximum atomic E-state index is 14.5. The van der Waals surface area contributed by atoms with Crippen LogP contribution in [0.3, 0.4) is 0 Å². The maximum Gasteiger partial charge on any atom is 0.317 e. The van der Waals surface area contributed by atoms with Crippen molar-refractivity contribution in [2.45, 2.75) is 182 Å². The zero-order valence-corrected chi connectivity index (χ0v) is 67.5. The number of aromatic nitrogens is 9. The normalized spacial score (nSPS) is 18.0. The Hall–Kier alpha value is -9.32. The third kappa shape index (κ3) is 15.4. The third-order valence-corrected chi connectivity index (χ3v) is 26.6. The number of carbonyl (C=O) groups excluding carboxylic acids is 3. The van der Waals surface area contributed by atoms with Crippen LogP contribution in [0.4, 0.5) is 61.7 Å². The van der Waals surface area contributed by atoms with Gasteiger partial charge in [-0.05, 0) is 158 Å². The minimum absolute atomic E-state index is 0.0176. The molecule has 0 saturated carbocycles. The highest BCUT2D eigenvalue weighted by molar-refractivity contribution is 7.15. The van der Waals surface area contributed by atoms with Crippen LogP contribution in [0.25, 0.3) is 31.3 Å². The summed E-state index contributed by atoms with van der Waals surface area (Å²) in [7, 11) is 3.28. The van der Waals surface area contributed by atoms with Crippen LogP contribution in [-0.4, -0.2) is 170 Å². The van der Waals surface area contributed by atoms with Crippen molar-refractivity contribution in [2.24, 2.45) is 0 Å². The lowest BCUT2D eigenvalue weighted by atomic mass is 9.94. The molecule has 2 N–H and O–H groups in total. The Labute approximate surface area is 667 Å². The minimum Gasteiger partial charge on any atom is -0.381 e. The van der Waals surface area contributed by atoms with E-state index in [0.717, 1.165) is 224 Å². The highest BCUT2D eigenvalue weighted by atomic mass is 32.1. The van der Waals surface area contributed by atoms with Crippen LogP contribution < -0.4 is 25.3 Å². The molecule has 0 aliphatic carbocycles. The Bertz CT molecular complexity index is 5100. The number of halogens is 4. The molecule has 3 fully saturated rings. The fraction of sp³-hybridized carbons (Fsp3) is 0.512. The molecule has 0 spiro atoms. The van der Waals surface area contributed by atoms with Crippen LogP contribution in [0, 0.1) is 39.0 Å². The van der Waals surface area contributed by atoms with Crippen LogP contribution in [0.2, 0.25) is 0 Å². The van der Waals surface area contributed by atoms with Crippen molar-refractivity contribution in [2.75, 3.05) is 108 Å². The van der Waals surface area contributed by atoms with E-state index in [1.165, 1.54) is 33.9 Å². The number of thiazole rings is 3. The van der Waals surface area contributed by atoms with E-state index in [9.17, 15) is 37.2 Å². The minimum atomic E-state index is -2.62. The summed E-state index contributed by atoms with van der Waals surface area (Å²) in [6.45, 7) is 19.2. The van der Waals surface area contributed by atoms with Gasteiger partial charge in [-0.25, -0.2) is 42.1 Å². The van der Waals surface area contributed by atoms with Gasteiger partial charge in [0.1, 0.15) is 0 Å². The summed E-state index contributed by atoms with van der Waals surface area (Å²) in [5.41, 5.74) is 16.2. The summed E-state index contributed by atoms with van der Waals surface area (Å²) in [5, 5.41) is 33.8. The first-order chi connectivity index (χ1) is 54.8.